The summed E-state index contributed by atoms with van der Waals surface area (Å²) in [6.45, 7) is 1.83. The van der Waals surface area contributed by atoms with E-state index < -0.39 is 5.82 Å². The molecule has 0 saturated carbocycles. The average Bonchev–Trinajstić information content (AvgIpc) is 2.19. The number of imide groups is 1. The molecule has 1 aromatic carbocycles. The highest BCUT2D eigenvalue weighted by molar-refractivity contribution is 6.16. The molecule has 0 bridgehead atoms. The number of piperidine rings is 1. The van der Waals surface area contributed by atoms with Gasteiger partial charge < -0.3 is 5.73 Å². The number of anilines is 2. The van der Waals surface area contributed by atoms with E-state index in [-0.39, 0.29) is 41.9 Å². The standard InChI is InChI=1S/C12H13FN2O2/c1-7-4-11(16)15(12(17)5-7)10-3-2-8(14)6-9(10)13/h2-3,6-7H,4-5,14H2,1H3. The number of nitrogens with two attached hydrogens (primary N) is 1. The maximum absolute atomic E-state index is 13.7. The summed E-state index contributed by atoms with van der Waals surface area (Å²) >= 11 is 0. The molecule has 1 fully saturated rings. The summed E-state index contributed by atoms with van der Waals surface area (Å²) in [5.41, 5.74) is 5.67. The fourth-order valence-corrected chi connectivity index (χ4v) is 1.96. The summed E-state index contributed by atoms with van der Waals surface area (Å²) in [5, 5.41) is 0. The molecule has 1 aromatic rings. The van der Waals surface area contributed by atoms with Crippen molar-refractivity contribution in [3.63, 3.8) is 0 Å². The van der Waals surface area contributed by atoms with E-state index in [4.69, 9.17) is 5.73 Å². The van der Waals surface area contributed by atoms with Crippen LogP contribution >= 0.6 is 0 Å². The molecule has 2 amide bonds. The molecular weight excluding hydrogens is 223 g/mol. The lowest BCUT2D eigenvalue weighted by atomic mass is 9.97. The summed E-state index contributed by atoms with van der Waals surface area (Å²) in [5.74, 6) is -1.36. The minimum atomic E-state index is -0.652. The van der Waals surface area contributed by atoms with Crippen LogP contribution in [0.15, 0.2) is 18.2 Å². The van der Waals surface area contributed by atoms with Crippen LogP contribution in [0.3, 0.4) is 0 Å². The zero-order valence-electron chi connectivity index (χ0n) is 9.44. The highest BCUT2D eigenvalue weighted by atomic mass is 19.1. The number of amides is 2. The Kier molecular flexibility index (Phi) is 2.83. The van der Waals surface area contributed by atoms with E-state index in [1.54, 1.807) is 0 Å². The van der Waals surface area contributed by atoms with Crippen molar-refractivity contribution in [2.45, 2.75) is 19.8 Å². The monoisotopic (exact) mass is 236 g/mol. The molecule has 4 nitrogen and oxygen atoms in total. The smallest absolute Gasteiger partial charge is 0.234 e. The van der Waals surface area contributed by atoms with Gasteiger partial charge in [-0.25, -0.2) is 9.29 Å². The van der Waals surface area contributed by atoms with Crippen LogP contribution in [0, 0.1) is 11.7 Å². The molecule has 5 heteroatoms. The number of halogens is 1. The average molecular weight is 236 g/mol. The molecule has 90 valence electrons. The second kappa shape index (κ2) is 4.16. The normalized spacial score (nSPS) is 17.6. The predicted molar refractivity (Wildman–Crippen MR) is 61.7 cm³/mol. The Bertz CT molecular complexity index is 469. The molecule has 1 aliphatic heterocycles. The van der Waals surface area contributed by atoms with Crippen molar-refractivity contribution in [1.29, 1.82) is 0 Å². The Morgan fingerprint density at radius 3 is 2.41 bits per heavy atom. The van der Waals surface area contributed by atoms with E-state index in [0.29, 0.717) is 0 Å². The van der Waals surface area contributed by atoms with Crippen LogP contribution in [0.25, 0.3) is 0 Å². The molecule has 0 aliphatic carbocycles. The second-order valence-electron chi connectivity index (χ2n) is 4.35. The Morgan fingerprint density at radius 1 is 1.29 bits per heavy atom. The molecule has 0 atom stereocenters. The van der Waals surface area contributed by atoms with Gasteiger partial charge >= 0.3 is 0 Å². The number of carbonyl (C=O) groups excluding carboxylic acids is 2. The first-order valence-corrected chi connectivity index (χ1v) is 5.40. The van der Waals surface area contributed by atoms with Gasteiger partial charge in [0, 0.05) is 18.5 Å². The number of hydrogen-bond donors (Lipinski definition) is 1. The molecule has 0 aromatic heterocycles. The Hall–Kier alpha value is -1.91. The van der Waals surface area contributed by atoms with E-state index in [1.165, 1.54) is 12.1 Å². The van der Waals surface area contributed by atoms with Crippen molar-refractivity contribution < 1.29 is 14.0 Å². The van der Waals surface area contributed by atoms with Gasteiger partial charge in [0.25, 0.3) is 0 Å². The van der Waals surface area contributed by atoms with Gasteiger partial charge in [-0.2, -0.15) is 0 Å². The Morgan fingerprint density at radius 2 is 1.88 bits per heavy atom. The maximum atomic E-state index is 13.7. The summed E-state index contributed by atoms with van der Waals surface area (Å²) in [6.07, 6.45) is 0.519. The first kappa shape index (κ1) is 11.6. The van der Waals surface area contributed by atoms with Crippen LogP contribution in [0.2, 0.25) is 0 Å². The lowest BCUT2D eigenvalue weighted by Crippen LogP contribution is -2.43. The van der Waals surface area contributed by atoms with Crippen molar-refractivity contribution in [2.24, 2.45) is 5.92 Å². The fraction of sp³-hybridized carbons (Fsp3) is 0.333. The van der Waals surface area contributed by atoms with Crippen molar-refractivity contribution in [1.82, 2.24) is 0 Å². The van der Waals surface area contributed by atoms with Gasteiger partial charge in [0.15, 0.2) is 0 Å². The van der Waals surface area contributed by atoms with Gasteiger partial charge in [0.05, 0.1) is 5.69 Å². The van der Waals surface area contributed by atoms with Crippen LogP contribution in [-0.2, 0) is 9.59 Å². The fourth-order valence-electron chi connectivity index (χ4n) is 1.96. The van der Waals surface area contributed by atoms with Gasteiger partial charge in [-0.1, -0.05) is 6.92 Å². The third kappa shape index (κ3) is 2.13. The topological polar surface area (TPSA) is 63.4 Å². The Labute approximate surface area is 98.2 Å². The number of carbonyl (C=O) groups is 2. The summed E-state index contributed by atoms with van der Waals surface area (Å²) in [7, 11) is 0. The van der Waals surface area contributed by atoms with E-state index in [0.717, 1.165) is 11.0 Å². The quantitative estimate of drug-likeness (QED) is 0.596. The second-order valence-corrected chi connectivity index (χ2v) is 4.35. The Balaban J connectivity index is 2.38. The van der Waals surface area contributed by atoms with E-state index in [2.05, 4.69) is 0 Å². The van der Waals surface area contributed by atoms with Gasteiger partial charge in [0.2, 0.25) is 11.8 Å². The maximum Gasteiger partial charge on any atom is 0.234 e. The highest BCUT2D eigenvalue weighted by Crippen LogP contribution is 2.28. The number of benzene rings is 1. The minimum Gasteiger partial charge on any atom is -0.399 e. The largest absolute Gasteiger partial charge is 0.399 e. The molecular formula is C12H13FN2O2. The highest BCUT2D eigenvalue weighted by Gasteiger charge is 2.32. The van der Waals surface area contributed by atoms with Crippen molar-refractivity contribution in [3.05, 3.63) is 24.0 Å². The molecule has 1 heterocycles. The van der Waals surface area contributed by atoms with Gasteiger partial charge in [-0.3, -0.25) is 9.59 Å². The van der Waals surface area contributed by atoms with E-state index in [9.17, 15) is 14.0 Å². The lowest BCUT2D eigenvalue weighted by Gasteiger charge is -2.28. The van der Waals surface area contributed by atoms with Crippen molar-refractivity contribution >= 4 is 23.2 Å². The minimum absolute atomic E-state index is 0.0129. The number of nitrogens with zero attached hydrogens (tertiary/aromatic N) is 1. The van der Waals surface area contributed by atoms with Crippen molar-refractivity contribution in [2.75, 3.05) is 10.6 Å². The number of rotatable bonds is 1. The third-order valence-electron chi connectivity index (χ3n) is 2.76. The zero-order chi connectivity index (χ0) is 12.6. The molecule has 1 aliphatic rings. The molecule has 2 rings (SSSR count). The van der Waals surface area contributed by atoms with Gasteiger partial charge in [-0.05, 0) is 24.1 Å². The summed E-state index contributed by atoms with van der Waals surface area (Å²) in [6, 6.07) is 3.93. The lowest BCUT2D eigenvalue weighted by molar-refractivity contribution is -0.130. The number of nitrogen functional groups attached to an aromatic ring is 1. The predicted octanol–water partition coefficient (Wildman–Crippen LogP) is 1.70. The van der Waals surface area contributed by atoms with Gasteiger partial charge in [-0.15, -0.1) is 0 Å². The van der Waals surface area contributed by atoms with Crippen LogP contribution in [0.1, 0.15) is 19.8 Å². The number of hydrogen-bond acceptors (Lipinski definition) is 3. The van der Waals surface area contributed by atoms with Crippen LogP contribution in [0.5, 0.6) is 0 Å². The first-order valence-electron chi connectivity index (χ1n) is 5.40. The molecule has 17 heavy (non-hydrogen) atoms. The molecule has 0 spiro atoms. The first-order chi connectivity index (χ1) is 7.99. The van der Waals surface area contributed by atoms with Gasteiger partial charge in [0.1, 0.15) is 5.82 Å². The van der Waals surface area contributed by atoms with Crippen LogP contribution < -0.4 is 10.6 Å². The molecule has 0 radical (unpaired) electrons. The van der Waals surface area contributed by atoms with E-state index in [1.807, 2.05) is 6.92 Å². The zero-order valence-corrected chi connectivity index (χ0v) is 9.44. The summed E-state index contributed by atoms with van der Waals surface area (Å²) < 4.78 is 13.7. The SMILES string of the molecule is CC1CC(=O)N(c2ccc(N)cc2F)C(=O)C1. The van der Waals surface area contributed by atoms with Crippen LogP contribution in [0.4, 0.5) is 15.8 Å². The van der Waals surface area contributed by atoms with E-state index >= 15 is 0 Å². The molecule has 2 N–H and O–H groups in total. The molecule has 0 unspecified atom stereocenters. The molecule has 1 saturated heterocycles. The summed E-state index contributed by atoms with van der Waals surface area (Å²) in [4.78, 5) is 24.4. The third-order valence-corrected chi connectivity index (χ3v) is 2.76. The van der Waals surface area contributed by atoms with Crippen LogP contribution in [-0.4, -0.2) is 11.8 Å². The van der Waals surface area contributed by atoms with Crippen molar-refractivity contribution in [3.8, 4) is 0 Å².